The van der Waals surface area contributed by atoms with E-state index >= 15 is 0 Å². The Balaban J connectivity index is 1.12. The average Bonchev–Trinajstić information content (AvgIpc) is 3.66. The lowest BCUT2D eigenvalue weighted by atomic mass is 10.0. The van der Waals surface area contributed by atoms with Gasteiger partial charge in [0.2, 0.25) is 0 Å². The third-order valence-corrected chi connectivity index (χ3v) is 8.97. The van der Waals surface area contributed by atoms with Crippen LogP contribution in [0.4, 0.5) is 19.0 Å². The van der Waals surface area contributed by atoms with Crippen molar-refractivity contribution in [3.63, 3.8) is 0 Å². The molecule has 6 nitrogen and oxygen atoms in total. The number of piperidine rings is 1. The highest BCUT2D eigenvalue weighted by Crippen LogP contribution is 2.34. The second-order valence-corrected chi connectivity index (χ2v) is 11.7. The first-order chi connectivity index (χ1) is 19.3. The minimum absolute atomic E-state index is 0.157. The van der Waals surface area contributed by atoms with Gasteiger partial charge in [0.25, 0.3) is 0 Å². The number of fused-ring (bicyclic) bond motifs is 2. The minimum atomic E-state index is -4.25. The van der Waals surface area contributed by atoms with E-state index in [2.05, 4.69) is 56.6 Å². The molecule has 4 heterocycles. The number of halogens is 4. The highest BCUT2D eigenvalue weighted by atomic mass is 35.5. The summed E-state index contributed by atoms with van der Waals surface area (Å²) in [6.45, 7) is 3.03. The zero-order valence-electron chi connectivity index (χ0n) is 21.5. The minimum Gasteiger partial charge on any atom is -0.367 e. The highest BCUT2D eigenvalue weighted by molar-refractivity contribution is 7.18. The number of thiophene rings is 1. The molecule has 1 aliphatic heterocycles. The number of allylic oxidation sites excluding steroid dienone is 4. The number of nitrogens with zero attached hydrogens (tertiary/aromatic N) is 5. The SMILES string of the molecule is N#Cc1cc2c(Cl)c(CN3CCC(Nc4ncnc5sc(CC(F)(F)F)cc45)CC3)ccc2n1CC1=CCC=C1. The lowest BCUT2D eigenvalue weighted by molar-refractivity contribution is -0.126. The second-order valence-electron chi connectivity index (χ2n) is 10.3. The maximum atomic E-state index is 12.9. The first-order valence-electron chi connectivity index (χ1n) is 13.1. The summed E-state index contributed by atoms with van der Waals surface area (Å²) >= 11 is 7.94. The predicted molar refractivity (Wildman–Crippen MR) is 153 cm³/mol. The Kier molecular flexibility index (Phi) is 7.29. The normalized spacial score (nSPS) is 16.6. The van der Waals surface area contributed by atoms with E-state index in [0.717, 1.165) is 60.2 Å². The third kappa shape index (κ3) is 5.59. The fourth-order valence-corrected chi connectivity index (χ4v) is 6.81. The Bertz CT molecular complexity index is 1670. The molecule has 40 heavy (non-hydrogen) atoms. The van der Waals surface area contributed by atoms with Crippen LogP contribution in [-0.2, 0) is 19.5 Å². The number of alkyl halides is 3. The van der Waals surface area contributed by atoms with Gasteiger partial charge in [-0.1, -0.05) is 35.9 Å². The van der Waals surface area contributed by atoms with E-state index in [1.54, 1.807) is 6.07 Å². The molecular formula is C29H26ClF3N6S. The van der Waals surface area contributed by atoms with Crippen LogP contribution < -0.4 is 5.32 Å². The van der Waals surface area contributed by atoms with Crippen LogP contribution in [0.5, 0.6) is 0 Å². The number of hydrogen-bond donors (Lipinski definition) is 1. The molecule has 0 amide bonds. The van der Waals surface area contributed by atoms with Gasteiger partial charge in [0.05, 0.1) is 22.3 Å². The summed E-state index contributed by atoms with van der Waals surface area (Å²) in [6, 6.07) is 10.0. The van der Waals surface area contributed by atoms with Crippen molar-refractivity contribution in [1.82, 2.24) is 19.4 Å². The molecule has 0 unspecified atom stereocenters. The smallest absolute Gasteiger partial charge is 0.367 e. The maximum absolute atomic E-state index is 12.9. The molecule has 0 atom stereocenters. The summed E-state index contributed by atoms with van der Waals surface area (Å²) < 4.78 is 40.6. The summed E-state index contributed by atoms with van der Waals surface area (Å²) in [6.07, 6.45) is 5.21. The number of benzene rings is 1. The van der Waals surface area contributed by atoms with Crippen LogP contribution in [-0.4, -0.2) is 44.7 Å². The average molecular weight is 583 g/mol. The molecule has 1 fully saturated rings. The molecule has 6 rings (SSSR count). The van der Waals surface area contributed by atoms with Crippen molar-refractivity contribution in [2.75, 3.05) is 18.4 Å². The molecule has 0 spiro atoms. The fraction of sp³-hybridized carbons (Fsp3) is 0.345. The summed E-state index contributed by atoms with van der Waals surface area (Å²) in [5.41, 5.74) is 3.76. The molecule has 4 aromatic rings. The zero-order chi connectivity index (χ0) is 27.9. The number of anilines is 1. The summed E-state index contributed by atoms with van der Waals surface area (Å²) in [5, 5.41) is 15.4. The van der Waals surface area contributed by atoms with Crippen molar-refractivity contribution in [3.05, 3.63) is 75.6 Å². The number of nitriles is 1. The summed E-state index contributed by atoms with van der Waals surface area (Å²) in [5.74, 6) is 0.586. The summed E-state index contributed by atoms with van der Waals surface area (Å²) in [7, 11) is 0. The first-order valence-corrected chi connectivity index (χ1v) is 14.3. The van der Waals surface area contributed by atoms with Gasteiger partial charge < -0.3 is 9.88 Å². The van der Waals surface area contributed by atoms with Crippen LogP contribution in [0.25, 0.3) is 21.1 Å². The topological polar surface area (TPSA) is 69.8 Å². The molecule has 0 radical (unpaired) electrons. The van der Waals surface area contributed by atoms with E-state index in [1.807, 2.05) is 10.6 Å². The monoisotopic (exact) mass is 582 g/mol. The number of hydrogen-bond acceptors (Lipinski definition) is 6. The molecule has 1 aromatic carbocycles. The van der Waals surface area contributed by atoms with E-state index in [0.29, 0.717) is 39.8 Å². The van der Waals surface area contributed by atoms with Gasteiger partial charge in [-0.25, -0.2) is 9.97 Å². The van der Waals surface area contributed by atoms with Crippen molar-refractivity contribution < 1.29 is 13.2 Å². The van der Waals surface area contributed by atoms with Crippen LogP contribution in [0.2, 0.25) is 5.02 Å². The van der Waals surface area contributed by atoms with Crippen molar-refractivity contribution in [2.45, 2.75) is 51.0 Å². The third-order valence-electron chi connectivity index (χ3n) is 7.48. The van der Waals surface area contributed by atoms with Crippen LogP contribution in [0, 0.1) is 11.3 Å². The molecule has 206 valence electrons. The van der Waals surface area contributed by atoms with Gasteiger partial charge in [0.15, 0.2) is 0 Å². The fourth-order valence-electron chi connectivity index (χ4n) is 5.51. The maximum Gasteiger partial charge on any atom is 0.393 e. The Hall–Kier alpha value is -3.39. The number of aromatic nitrogens is 3. The van der Waals surface area contributed by atoms with E-state index in [4.69, 9.17) is 11.6 Å². The number of rotatable bonds is 7. The van der Waals surface area contributed by atoms with Gasteiger partial charge in [-0.15, -0.1) is 11.3 Å². The Morgan fingerprint density at radius 2 is 1.95 bits per heavy atom. The molecule has 11 heteroatoms. The van der Waals surface area contributed by atoms with Gasteiger partial charge in [-0.05, 0) is 48.6 Å². The van der Waals surface area contributed by atoms with Gasteiger partial charge in [-0.3, -0.25) is 4.90 Å². The van der Waals surface area contributed by atoms with Gasteiger partial charge >= 0.3 is 6.18 Å². The van der Waals surface area contributed by atoms with Crippen molar-refractivity contribution in [1.29, 1.82) is 5.26 Å². The largest absolute Gasteiger partial charge is 0.393 e. The molecule has 2 aliphatic rings. The summed E-state index contributed by atoms with van der Waals surface area (Å²) in [4.78, 5) is 11.6. The van der Waals surface area contributed by atoms with Crippen LogP contribution >= 0.6 is 22.9 Å². The van der Waals surface area contributed by atoms with Gasteiger partial charge in [0, 0.05) is 42.5 Å². The highest BCUT2D eigenvalue weighted by Gasteiger charge is 2.29. The Morgan fingerprint density at radius 1 is 1.12 bits per heavy atom. The zero-order valence-corrected chi connectivity index (χ0v) is 23.1. The molecule has 0 bridgehead atoms. The second kappa shape index (κ2) is 10.9. The molecule has 1 aliphatic carbocycles. The molecule has 0 saturated carbocycles. The van der Waals surface area contributed by atoms with Crippen LogP contribution in [0.15, 0.2) is 54.4 Å². The standard InChI is InChI=1S/C29H26ClF3N6S/c30-26-19(5-6-25-23(26)11-21(14-34)39(25)15-18-3-1-2-4-18)16-38-9-7-20(8-10-38)37-27-24-12-22(13-29(31,32)33)40-28(24)36-17-35-27/h1,3-6,11-12,17,20H,2,7-10,13,15-16H2,(H,35,36,37). The van der Waals surface area contributed by atoms with E-state index < -0.39 is 12.6 Å². The van der Waals surface area contributed by atoms with E-state index in [9.17, 15) is 18.4 Å². The van der Waals surface area contributed by atoms with Crippen LogP contribution in [0.1, 0.15) is 35.4 Å². The number of likely N-dealkylation sites (tertiary alicyclic amines) is 1. The lowest BCUT2D eigenvalue weighted by Gasteiger charge is -2.33. The first kappa shape index (κ1) is 26.8. The molecule has 3 aromatic heterocycles. The Labute approximate surface area is 238 Å². The predicted octanol–water partition coefficient (Wildman–Crippen LogP) is 7.24. The molecule has 1 saturated heterocycles. The number of nitrogens with one attached hydrogen (secondary N) is 1. The van der Waals surface area contributed by atoms with Crippen LogP contribution in [0.3, 0.4) is 0 Å². The quantitative estimate of drug-likeness (QED) is 0.249. The van der Waals surface area contributed by atoms with E-state index in [-0.39, 0.29) is 10.9 Å². The van der Waals surface area contributed by atoms with Crippen molar-refractivity contribution in [2.24, 2.45) is 0 Å². The molecule has 1 N–H and O–H groups in total. The van der Waals surface area contributed by atoms with Gasteiger partial charge in [-0.2, -0.15) is 18.4 Å². The molecular weight excluding hydrogens is 557 g/mol. The van der Waals surface area contributed by atoms with Crippen molar-refractivity contribution >= 4 is 49.9 Å². The van der Waals surface area contributed by atoms with Gasteiger partial charge in [0.1, 0.15) is 28.7 Å². The lowest BCUT2D eigenvalue weighted by Crippen LogP contribution is -2.38. The van der Waals surface area contributed by atoms with E-state index in [1.165, 1.54) is 11.9 Å². The van der Waals surface area contributed by atoms with Crippen molar-refractivity contribution in [3.8, 4) is 6.07 Å². The Morgan fingerprint density at radius 3 is 2.67 bits per heavy atom.